The highest BCUT2D eigenvalue weighted by atomic mass is 19.1. The van der Waals surface area contributed by atoms with Crippen LogP contribution in [-0.4, -0.2) is 19.8 Å². The van der Waals surface area contributed by atoms with Crippen molar-refractivity contribution >= 4 is 16.5 Å². The number of para-hydroxylation sites is 1. The van der Waals surface area contributed by atoms with Crippen LogP contribution in [0.2, 0.25) is 0 Å². The van der Waals surface area contributed by atoms with Gasteiger partial charge in [0.1, 0.15) is 22.5 Å². The molecule has 0 amide bonds. The Morgan fingerprint density at radius 1 is 1.00 bits per heavy atom. The molecule has 7 nitrogen and oxygen atoms in total. The first-order chi connectivity index (χ1) is 13.6. The Balaban J connectivity index is 1.78. The van der Waals surface area contributed by atoms with Crippen molar-refractivity contribution in [3.63, 3.8) is 0 Å². The Morgan fingerprint density at radius 3 is 2.61 bits per heavy atom. The molecule has 0 unspecified atom stereocenters. The first-order valence-electron chi connectivity index (χ1n) is 8.38. The maximum atomic E-state index is 13.2. The van der Waals surface area contributed by atoms with E-state index in [1.54, 1.807) is 42.5 Å². The summed E-state index contributed by atoms with van der Waals surface area (Å²) < 4.78 is 19.8. The first kappa shape index (κ1) is 16.1. The van der Waals surface area contributed by atoms with Crippen molar-refractivity contribution in [3.8, 4) is 22.6 Å². The molecule has 5 aromatic rings. The highest BCUT2D eigenvalue weighted by Gasteiger charge is 2.17. The van der Waals surface area contributed by atoms with Gasteiger partial charge in [-0.3, -0.25) is 4.79 Å². The Kier molecular flexibility index (Phi) is 3.45. The SMILES string of the molecule is O=c1oc2ccccc2cc1-c1n[nH]c(=O)c2cc(-c3ccc(F)cc3)nn12. The van der Waals surface area contributed by atoms with Crippen LogP contribution in [0.1, 0.15) is 0 Å². The number of nitrogens with zero attached hydrogens (tertiary/aromatic N) is 3. The van der Waals surface area contributed by atoms with Crippen LogP contribution in [0.4, 0.5) is 4.39 Å². The van der Waals surface area contributed by atoms with Crippen LogP contribution in [0.15, 0.2) is 74.7 Å². The van der Waals surface area contributed by atoms with Crippen molar-refractivity contribution in [2.75, 3.05) is 0 Å². The maximum Gasteiger partial charge on any atom is 0.347 e. The van der Waals surface area contributed by atoms with Crippen molar-refractivity contribution in [2.24, 2.45) is 0 Å². The predicted molar refractivity (Wildman–Crippen MR) is 100 cm³/mol. The minimum Gasteiger partial charge on any atom is -0.422 e. The lowest BCUT2D eigenvalue weighted by atomic mass is 10.1. The molecule has 3 heterocycles. The second-order valence-electron chi connectivity index (χ2n) is 6.20. The van der Waals surface area contributed by atoms with Crippen LogP contribution in [0.3, 0.4) is 0 Å². The summed E-state index contributed by atoms with van der Waals surface area (Å²) in [5, 5.41) is 11.5. The Labute approximate surface area is 155 Å². The Morgan fingerprint density at radius 2 is 1.79 bits per heavy atom. The van der Waals surface area contributed by atoms with Crippen LogP contribution in [0, 0.1) is 5.82 Å². The number of nitrogens with one attached hydrogen (secondary N) is 1. The van der Waals surface area contributed by atoms with Gasteiger partial charge in [-0.15, -0.1) is 0 Å². The summed E-state index contributed by atoms with van der Waals surface area (Å²) in [4.78, 5) is 24.7. The van der Waals surface area contributed by atoms with Gasteiger partial charge >= 0.3 is 5.63 Å². The molecular formula is C20H11FN4O3. The third-order valence-corrected chi connectivity index (χ3v) is 4.43. The number of aromatic nitrogens is 4. The molecule has 28 heavy (non-hydrogen) atoms. The van der Waals surface area contributed by atoms with E-state index in [1.807, 2.05) is 6.07 Å². The summed E-state index contributed by atoms with van der Waals surface area (Å²) in [5.41, 5.74) is 0.828. The smallest absolute Gasteiger partial charge is 0.347 e. The summed E-state index contributed by atoms with van der Waals surface area (Å²) >= 11 is 0. The predicted octanol–water partition coefficient (Wildman–Crippen LogP) is 3.00. The lowest BCUT2D eigenvalue weighted by Gasteiger charge is -2.03. The van der Waals surface area contributed by atoms with Crippen molar-refractivity contribution in [2.45, 2.75) is 0 Å². The highest BCUT2D eigenvalue weighted by molar-refractivity contribution is 5.80. The van der Waals surface area contributed by atoms with Gasteiger partial charge in [-0.2, -0.15) is 10.2 Å². The van der Waals surface area contributed by atoms with Gasteiger partial charge < -0.3 is 4.42 Å². The van der Waals surface area contributed by atoms with E-state index in [0.29, 0.717) is 22.2 Å². The molecule has 5 rings (SSSR count). The van der Waals surface area contributed by atoms with E-state index in [1.165, 1.54) is 16.6 Å². The van der Waals surface area contributed by atoms with Gasteiger partial charge in [-0.25, -0.2) is 18.8 Å². The van der Waals surface area contributed by atoms with Gasteiger partial charge in [-0.05, 0) is 42.5 Å². The van der Waals surface area contributed by atoms with Crippen molar-refractivity contribution in [1.82, 2.24) is 19.8 Å². The molecule has 3 aromatic heterocycles. The highest BCUT2D eigenvalue weighted by Crippen LogP contribution is 2.23. The Hall–Kier alpha value is -4.07. The second-order valence-corrected chi connectivity index (χ2v) is 6.20. The van der Waals surface area contributed by atoms with E-state index in [0.717, 1.165) is 0 Å². The van der Waals surface area contributed by atoms with E-state index in [4.69, 9.17) is 4.42 Å². The molecule has 136 valence electrons. The number of aromatic amines is 1. The fourth-order valence-electron chi connectivity index (χ4n) is 3.07. The third-order valence-electron chi connectivity index (χ3n) is 4.43. The third kappa shape index (κ3) is 2.50. The number of halogens is 1. The molecule has 0 saturated heterocycles. The lowest BCUT2D eigenvalue weighted by molar-refractivity contribution is 0.562. The minimum atomic E-state index is -0.599. The zero-order valence-corrected chi connectivity index (χ0v) is 14.2. The maximum absolute atomic E-state index is 13.2. The molecule has 1 N–H and O–H groups in total. The summed E-state index contributed by atoms with van der Waals surface area (Å²) in [7, 11) is 0. The van der Waals surface area contributed by atoms with Crippen LogP contribution in [0.5, 0.6) is 0 Å². The molecule has 0 radical (unpaired) electrons. The summed E-state index contributed by atoms with van der Waals surface area (Å²) in [5.74, 6) is -0.232. The fourth-order valence-corrected chi connectivity index (χ4v) is 3.07. The number of benzene rings is 2. The number of hydrogen-bond donors (Lipinski definition) is 1. The zero-order valence-electron chi connectivity index (χ0n) is 14.2. The van der Waals surface area contributed by atoms with Gasteiger partial charge in [0.25, 0.3) is 5.56 Å². The molecule has 2 aromatic carbocycles. The molecule has 0 spiro atoms. The van der Waals surface area contributed by atoms with Crippen LogP contribution in [0.25, 0.3) is 39.1 Å². The molecule has 0 fully saturated rings. The average molecular weight is 374 g/mol. The van der Waals surface area contributed by atoms with E-state index in [-0.39, 0.29) is 22.7 Å². The van der Waals surface area contributed by atoms with E-state index < -0.39 is 11.2 Å². The number of fused-ring (bicyclic) bond motifs is 2. The van der Waals surface area contributed by atoms with Gasteiger partial charge in [0.15, 0.2) is 5.82 Å². The number of hydrogen-bond acceptors (Lipinski definition) is 5. The van der Waals surface area contributed by atoms with Gasteiger partial charge in [0, 0.05) is 10.9 Å². The summed E-state index contributed by atoms with van der Waals surface area (Å²) in [6.45, 7) is 0. The van der Waals surface area contributed by atoms with Crippen LogP contribution < -0.4 is 11.2 Å². The van der Waals surface area contributed by atoms with E-state index in [2.05, 4.69) is 15.3 Å². The van der Waals surface area contributed by atoms with Crippen molar-refractivity contribution in [3.05, 3.63) is 87.3 Å². The molecule has 0 saturated carbocycles. The largest absolute Gasteiger partial charge is 0.422 e. The average Bonchev–Trinajstić information content (AvgIpc) is 3.15. The minimum absolute atomic E-state index is 0.141. The van der Waals surface area contributed by atoms with Gasteiger partial charge in [0.05, 0.1) is 5.69 Å². The Bertz CT molecular complexity index is 1470. The van der Waals surface area contributed by atoms with E-state index in [9.17, 15) is 14.0 Å². The van der Waals surface area contributed by atoms with Crippen LogP contribution >= 0.6 is 0 Å². The molecule has 0 aliphatic heterocycles. The molecule has 0 bridgehead atoms. The van der Waals surface area contributed by atoms with Crippen molar-refractivity contribution < 1.29 is 8.81 Å². The second kappa shape index (κ2) is 5.98. The quantitative estimate of drug-likeness (QED) is 0.480. The zero-order chi connectivity index (χ0) is 19.3. The van der Waals surface area contributed by atoms with E-state index >= 15 is 0 Å². The fraction of sp³-hybridized carbons (Fsp3) is 0. The lowest BCUT2D eigenvalue weighted by Crippen LogP contribution is -2.17. The summed E-state index contributed by atoms with van der Waals surface area (Å²) in [6.07, 6.45) is 0. The number of H-pyrrole nitrogens is 1. The van der Waals surface area contributed by atoms with Crippen LogP contribution in [-0.2, 0) is 0 Å². The topological polar surface area (TPSA) is 93.3 Å². The van der Waals surface area contributed by atoms with Gasteiger partial charge in [-0.1, -0.05) is 18.2 Å². The molecule has 8 heteroatoms. The molecule has 0 atom stereocenters. The standard InChI is InChI=1S/C20H11FN4O3/c21-13-7-5-11(6-8-13)15-10-16-19(26)23-22-18(25(16)24-15)14-9-12-3-1-2-4-17(12)28-20(14)27/h1-10H,(H,23,26). The molecule has 0 aliphatic rings. The number of rotatable bonds is 2. The van der Waals surface area contributed by atoms with Gasteiger partial charge in [0.2, 0.25) is 0 Å². The normalized spacial score (nSPS) is 11.3. The monoisotopic (exact) mass is 374 g/mol. The molecule has 0 aliphatic carbocycles. The first-order valence-corrected chi connectivity index (χ1v) is 8.38. The summed E-state index contributed by atoms with van der Waals surface area (Å²) in [6, 6.07) is 16.0. The van der Waals surface area contributed by atoms with Crippen molar-refractivity contribution in [1.29, 1.82) is 0 Å². The molecular weight excluding hydrogens is 363 g/mol.